The number of hydrogen-bond acceptors (Lipinski definition) is 3. The summed E-state index contributed by atoms with van der Waals surface area (Å²) in [6, 6.07) is 12.0. The van der Waals surface area contributed by atoms with Gasteiger partial charge in [0, 0.05) is 24.4 Å². The van der Waals surface area contributed by atoms with Crippen molar-refractivity contribution < 1.29 is 4.74 Å². The molecular formula is C22H25ClN2O. The van der Waals surface area contributed by atoms with Crippen molar-refractivity contribution in [2.24, 2.45) is 0 Å². The summed E-state index contributed by atoms with van der Waals surface area (Å²) in [5.41, 5.74) is 5.87. The summed E-state index contributed by atoms with van der Waals surface area (Å²) in [7, 11) is 3.59. The number of pyridine rings is 1. The highest BCUT2D eigenvalue weighted by Crippen LogP contribution is 2.40. The molecule has 0 spiro atoms. The zero-order valence-electron chi connectivity index (χ0n) is 16.0. The van der Waals surface area contributed by atoms with E-state index in [2.05, 4.69) is 36.7 Å². The first-order chi connectivity index (χ1) is 12.5. The van der Waals surface area contributed by atoms with Crippen molar-refractivity contribution in [1.82, 2.24) is 9.88 Å². The van der Waals surface area contributed by atoms with Crippen LogP contribution in [-0.2, 0) is 0 Å². The number of ether oxygens (including phenoxy) is 1. The van der Waals surface area contributed by atoms with E-state index in [0.29, 0.717) is 16.5 Å². The van der Waals surface area contributed by atoms with E-state index < -0.39 is 0 Å². The lowest BCUT2D eigenvalue weighted by Gasteiger charge is -2.31. The first-order valence-electron chi connectivity index (χ1n) is 8.64. The van der Waals surface area contributed by atoms with Crippen LogP contribution in [0, 0.1) is 0 Å². The van der Waals surface area contributed by atoms with E-state index in [4.69, 9.17) is 16.3 Å². The Hall–Kier alpha value is -2.52. The van der Waals surface area contributed by atoms with Crippen molar-refractivity contribution in [3.05, 3.63) is 82.8 Å². The van der Waals surface area contributed by atoms with Crippen molar-refractivity contribution >= 4 is 22.9 Å². The molecule has 26 heavy (non-hydrogen) atoms. The molecule has 0 bridgehead atoms. The number of halogens is 1. The van der Waals surface area contributed by atoms with Gasteiger partial charge in [0.25, 0.3) is 0 Å². The van der Waals surface area contributed by atoms with Crippen LogP contribution in [0.4, 0.5) is 0 Å². The first kappa shape index (κ1) is 19.8. The molecule has 136 valence electrons. The maximum atomic E-state index is 6.49. The Labute approximate surface area is 161 Å². The highest BCUT2D eigenvalue weighted by Gasteiger charge is 2.24. The van der Waals surface area contributed by atoms with Gasteiger partial charge in [0.15, 0.2) is 0 Å². The second-order valence-corrected chi connectivity index (χ2v) is 6.07. The summed E-state index contributed by atoms with van der Waals surface area (Å²) in [6.07, 6.45) is 3.81. The predicted molar refractivity (Wildman–Crippen MR) is 111 cm³/mol. The normalized spacial score (nSPS) is 13.8. The van der Waals surface area contributed by atoms with Crippen LogP contribution in [0.15, 0.2) is 66.5 Å². The minimum Gasteiger partial charge on any atom is -0.495 e. The number of methoxy groups -OCH3 is 1. The zero-order chi connectivity index (χ0) is 19.3. The van der Waals surface area contributed by atoms with Crippen molar-refractivity contribution in [3.63, 3.8) is 0 Å². The standard InChI is InChI=1S/C20H19ClN2O.C2H6/c1-13-10-17(15-8-6-5-7-9-15)20(23(3)14(13)2)19-18(21)11-16(24-4)12-22-19;1-2/h5-12H,2H2,1,3-4H3;1-2H3. The molecule has 0 N–H and O–H groups in total. The Balaban J connectivity index is 0.00000117. The Bertz CT molecular complexity index is 854. The van der Waals surface area contributed by atoms with E-state index in [-0.39, 0.29) is 0 Å². The molecule has 4 heteroatoms. The van der Waals surface area contributed by atoms with Crippen molar-refractivity contribution in [2.45, 2.75) is 20.8 Å². The molecule has 1 aliphatic heterocycles. The van der Waals surface area contributed by atoms with E-state index >= 15 is 0 Å². The molecule has 1 aliphatic rings. The van der Waals surface area contributed by atoms with Gasteiger partial charge in [-0.25, -0.2) is 4.98 Å². The van der Waals surface area contributed by atoms with Crippen LogP contribution in [0.2, 0.25) is 5.02 Å². The Morgan fingerprint density at radius 1 is 1.15 bits per heavy atom. The summed E-state index contributed by atoms with van der Waals surface area (Å²) >= 11 is 6.49. The Morgan fingerprint density at radius 2 is 1.81 bits per heavy atom. The number of likely N-dealkylation sites (N-methyl/N-ethyl adjacent to an activating group) is 1. The monoisotopic (exact) mass is 368 g/mol. The first-order valence-corrected chi connectivity index (χ1v) is 9.01. The van der Waals surface area contributed by atoms with Crippen LogP contribution in [0.1, 0.15) is 32.0 Å². The van der Waals surface area contributed by atoms with E-state index in [1.54, 1.807) is 19.4 Å². The molecule has 1 aromatic carbocycles. The topological polar surface area (TPSA) is 25.4 Å². The lowest BCUT2D eigenvalue weighted by atomic mass is 9.94. The molecule has 3 nitrogen and oxygen atoms in total. The molecule has 0 aliphatic carbocycles. The quantitative estimate of drug-likeness (QED) is 0.660. The maximum Gasteiger partial charge on any atom is 0.138 e. The zero-order valence-corrected chi connectivity index (χ0v) is 16.8. The summed E-state index contributed by atoms with van der Waals surface area (Å²) in [5.74, 6) is 0.634. The molecule has 2 heterocycles. The van der Waals surface area contributed by atoms with Crippen LogP contribution in [-0.4, -0.2) is 24.0 Å². The van der Waals surface area contributed by atoms with Crippen LogP contribution < -0.4 is 4.74 Å². The number of nitrogens with zero attached hydrogens (tertiary/aromatic N) is 2. The summed E-state index contributed by atoms with van der Waals surface area (Å²) in [4.78, 5) is 6.57. The van der Waals surface area contributed by atoms with Gasteiger partial charge in [-0.2, -0.15) is 0 Å². The molecule has 0 unspecified atom stereocenters. The minimum absolute atomic E-state index is 0.547. The number of hydrogen-bond donors (Lipinski definition) is 0. The SMILES string of the molecule is C=C1C(C)=CC(c2ccccc2)=C(c2ncc(OC)cc2Cl)N1C.CC. The van der Waals surface area contributed by atoms with Crippen LogP contribution in [0.25, 0.3) is 11.3 Å². The third-order valence-corrected chi connectivity index (χ3v) is 4.46. The molecule has 0 saturated carbocycles. The van der Waals surface area contributed by atoms with Crippen LogP contribution in [0.3, 0.4) is 0 Å². The van der Waals surface area contributed by atoms with E-state index in [1.807, 2.05) is 44.0 Å². The van der Waals surface area contributed by atoms with Gasteiger partial charge in [0.1, 0.15) is 11.4 Å². The second-order valence-electron chi connectivity index (χ2n) is 5.67. The molecule has 0 atom stereocenters. The lowest BCUT2D eigenvalue weighted by Crippen LogP contribution is -2.21. The largest absolute Gasteiger partial charge is 0.495 e. The van der Waals surface area contributed by atoms with Gasteiger partial charge < -0.3 is 9.64 Å². The summed E-state index contributed by atoms with van der Waals surface area (Å²) < 4.78 is 5.21. The van der Waals surface area contributed by atoms with Crippen molar-refractivity contribution in [3.8, 4) is 5.75 Å². The van der Waals surface area contributed by atoms with Gasteiger partial charge in [-0.05, 0) is 24.1 Å². The van der Waals surface area contributed by atoms with Gasteiger partial charge >= 0.3 is 0 Å². The van der Waals surface area contributed by atoms with Gasteiger partial charge in [-0.15, -0.1) is 0 Å². The average Bonchev–Trinajstić information content (AvgIpc) is 2.68. The van der Waals surface area contributed by atoms with Gasteiger partial charge in [-0.3, -0.25) is 0 Å². The Kier molecular flexibility index (Phi) is 6.64. The highest BCUT2D eigenvalue weighted by molar-refractivity contribution is 6.32. The molecule has 1 aromatic heterocycles. The number of rotatable bonds is 3. The summed E-state index contributed by atoms with van der Waals surface area (Å²) in [6.45, 7) is 10.2. The van der Waals surface area contributed by atoms with Crippen LogP contribution in [0.5, 0.6) is 5.75 Å². The average molecular weight is 369 g/mol. The molecule has 3 rings (SSSR count). The molecule has 0 radical (unpaired) electrons. The number of allylic oxidation sites excluding steroid dienone is 3. The lowest BCUT2D eigenvalue weighted by molar-refractivity contribution is 0.412. The third-order valence-electron chi connectivity index (χ3n) is 4.17. The summed E-state index contributed by atoms with van der Waals surface area (Å²) in [5, 5.41) is 0.547. The highest BCUT2D eigenvalue weighted by atomic mass is 35.5. The number of benzene rings is 1. The molecule has 0 fully saturated rings. The predicted octanol–water partition coefficient (Wildman–Crippen LogP) is 6.04. The fourth-order valence-corrected chi connectivity index (χ4v) is 3.02. The van der Waals surface area contributed by atoms with Gasteiger partial charge in [-0.1, -0.05) is 62.4 Å². The maximum absolute atomic E-state index is 6.49. The fraction of sp³-hybridized carbons (Fsp3) is 0.227. The van der Waals surface area contributed by atoms with E-state index in [9.17, 15) is 0 Å². The van der Waals surface area contributed by atoms with Crippen molar-refractivity contribution in [2.75, 3.05) is 14.2 Å². The van der Waals surface area contributed by atoms with Crippen molar-refractivity contribution in [1.29, 1.82) is 0 Å². The van der Waals surface area contributed by atoms with Crippen LogP contribution >= 0.6 is 11.6 Å². The fourth-order valence-electron chi connectivity index (χ4n) is 2.78. The molecule has 0 saturated heterocycles. The van der Waals surface area contributed by atoms with E-state index in [0.717, 1.165) is 28.1 Å². The van der Waals surface area contributed by atoms with Gasteiger partial charge in [0.2, 0.25) is 0 Å². The van der Waals surface area contributed by atoms with Gasteiger partial charge in [0.05, 0.1) is 24.0 Å². The second kappa shape index (κ2) is 8.72. The molecular weight excluding hydrogens is 344 g/mol. The smallest absolute Gasteiger partial charge is 0.138 e. The third kappa shape index (κ3) is 3.83. The molecule has 0 amide bonds. The number of aromatic nitrogens is 1. The Morgan fingerprint density at radius 3 is 2.38 bits per heavy atom. The molecule has 2 aromatic rings. The minimum atomic E-state index is 0.547. The van der Waals surface area contributed by atoms with E-state index in [1.165, 1.54) is 0 Å².